The summed E-state index contributed by atoms with van der Waals surface area (Å²) in [5.74, 6) is 0.740. The zero-order valence-corrected chi connectivity index (χ0v) is 10.2. The van der Waals surface area contributed by atoms with Crippen LogP contribution in [-0.4, -0.2) is 24.3 Å². The van der Waals surface area contributed by atoms with Crippen molar-refractivity contribution in [3.8, 4) is 0 Å². The number of hydrogen-bond donors (Lipinski definition) is 0. The molecule has 3 heteroatoms. The van der Waals surface area contributed by atoms with Crippen LogP contribution in [0.3, 0.4) is 0 Å². The number of benzene rings is 1. The van der Waals surface area contributed by atoms with Gasteiger partial charge in [-0.25, -0.2) is 0 Å². The fourth-order valence-corrected chi connectivity index (χ4v) is 1.88. The zero-order chi connectivity index (χ0) is 11.5. The first-order valence-corrected chi connectivity index (χ1v) is 5.98. The van der Waals surface area contributed by atoms with Crippen molar-refractivity contribution in [3.63, 3.8) is 0 Å². The van der Waals surface area contributed by atoms with E-state index < -0.39 is 0 Å². The lowest BCUT2D eigenvalue weighted by atomic mass is 10.2. The molecule has 1 aliphatic carbocycles. The lowest BCUT2D eigenvalue weighted by Crippen LogP contribution is -2.26. The molecule has 0 N–H and O–H groups in total. The smallest absolute Gasteiger partial charge is 0.149 e. The van der Waals surface area contributed by atoms with Gasteiger partial charge in [-0.2, -0.15) is 0 Å². The standard InChI is InChI=1S/C13H16ClNO/c1-15(9-13(16)11-4-5-11)8-10-2-6-12(14)7-3-10/h2-3,6-7,11H,4-5,8-9H2,1H3. The molecule has 0 aromatic heterocycles. The van der Waals surface area contributed by atoms with E-state index in [-0.39, 0.29) is 0 Å². The molecule has 1 aliphatic rings. The van der Waals surface area contributed by atoms with E-state index in [0.29, 0.717) is 18.2 Å². The van der Waals surface area contributed by atoms with Crippen molar-refractivity contribution in [1.82, 2.24) is 4.90 Å². The van der Waals surface area contributed by atoms with E-state index in [1.165, 1.54) is 5.56 Å². The molecule has 1 saturated carbocycles. The number of Topliss-reactive ketones (excluding diaryl/α,β-unsaturated/α-hetero) is 1. The molecule has 0 aliphatic heterocycles. The summed E-state index contributed by atoms with van der Waals surface area (Å²) in [7, 11) is 1.98. The van der Waals surface area contributed by atoms with Crippen LogP contribution in [0.5, 0.6) is 0 Å². The molecule has 86 valence electrons. The summed E-state index contributed by atoms with van der Waals surface area (Å²) in [6, 6.07) is 7.77. The van der Waals surface area contributed by atoms with Crippen LogP contribution in [0, 0.1) is 5.92 Å². The lowest BCUT2D eigenvalue weighted by Gasteiger charge is -2.15. The summed E-state index contributed by atoms with van der Waals surface area (Å²) in [5.41, 5.74) is 1.19. The Kier molecular flexibility index (Phi) is 3.62. The maximum Gasteiger partial charge on any atom is 0.149 e. The van der Waals surface area contributed by atoms with Gasteiger partial charge in [0, 0.05) is 17.5 Å². The molecule has 0 atom stereocenters. The van der Waals surface area contributed by atoms with E-state index in [4.69, 9.17) is 11.6 Å². The van der Waals surface area contributed by atoms with Gasteiger partial charge in [-0.05, 0) is 37.6 Å². The number of hydrogen-bond acceptors (Lipinski definition) is 2. The molecule has 16 heavy (non-hydrogen) atoms. The number of carbonyl (C=O) groups is 1. The van der Waals surface area contributed by atoms with Gasteiger partial charge < -0.3 is 0 Å². The highest BCUT2D eigenvalue weighted by atomic mass is 35.5. The summed E-state index contributed by atoms with van der Waals surface area (Å²) in [6.07, 6.45) is 2.18. The number of ketones is 1. The number of rotatable bonds is 5. The van der Waals surface area contributed by atoms with Crippen LogP contribution < -0.4 is 0 Å². The first kappa shape index (κ1) is 11.6. The molecule has 1 aromatic carbocycles. The highest BCUT2D eigenvalue weighted by Gasteiger charge is 2.29. The first-order chi connectivity index (χ1) is 7.65. The van der Waals surface area contributed by atoms with Gasteiger partial charge in [-0.15, -0.1) is 0 Å². The molecular weight excluding hydrogens is 222 g/mol. The van der Waals surface area contributed by atoms with Gasteiger partial charge in [0.25, 0.3) is 0 Å². The highest BCUT2D eigenvalue weighted by Crippen LogP contribution is 2.29. The molecule has 2 rings (SSSR count). The molecule has 0 amide bonds. The average molecular weight is 238 g/mol. The van der Waals surface area contributed by atoms with E-state index in [1.54, 1.807) is 0 Å². The van der Waals surface area contributed by atoms with Gasteiger partial charge in [0.05, 0.1) is 6.54 Å². The second-order valence-electron chi connectivity index (χ2n) is 4.54. The molecule has 0 spiro atoms. The second kappa shape index (κ2) is 4.98. The molecule has 0 unspecified atom stereocenters. The number of likely N-dealkylation sites (N-methyl/N-ethyl adjacent to an activating group) is 1. The zero-order valence-electron chi connectivity index (χ0n) is 9.45. The van der Waals surface area contributed by atoms with Gasteiger partial charge in [-0.3, -0.25) is 9.69 Å². The Morgan fingerprint density at radius 1 is 1.38 bits per heavy atom. The number of halogens is 1. The monoisotopic (exact) mass is 237 g/mol. The SMILES string of the molecule is CN(CC(=O)C1CC1)Cc1ccc(Cl)cc1. The van der Waals surface area contributed by atoms with Gasteiger partial charge in [0.2, 0.25) is 0 Å². The van der Waals surface area contributed by atoms with Crippen molar-refractivity contribution in [1.29, 1.82) is 0 Å². The maximum absolute atomic E-state index is 11.6. The average Bonchev–Trinajstić information content (AvgIpc) is 3.04. The minimum atomic E-state index is 0.354. The Bertz CT molecular complexity index is 370. The summed E-state index contributed by atoms with van der Waals surface area (Å²) in [6.45, 7) is 1.36. The van der Waals surface area contributed by atoms with Crippen LogP contribution in [-0.2, 0) is 11.3 Å². The minimum Gasteiger partial charge on any atom is -0.298 e. The van der Waals surface area contributed by atoms with E-state index in [2.05, 4.69) is 4.90 Å². The molecule has 1 fully saturated rings. The Morgan fingerprint density at radius 2 is 2.00 bits per heavy atom. The Morgan fingerprint density at radius 3 is 2.56 bits per heavy atom. The lowest BCUT2D eigenvalue weighted by molar-refractivity contribution is -0.121. The van der Waals surface area contributed by atoms with Crippen molar-refractivity contribution in [3.05, 3.63) is 34.9 Å². The normalized spacial score (nSPS) is 15.4. The van der Waals surface area contributed by atoms with Crippen LogP contribution in [0.2, 0.25) is 5.02 Å². The molecule has 2 nitrogen and oxygen atoms in total. The van der Waals surface area contributed by atoms with Crippen molar-refractivity contribution >= 4 is 17.4 Å². The first-order valence-electron chi connectivity index (χ1n) is 5.61. The van der Waals surface area contributed by atoms with Crippen molar-refractivity contribution in [2.45, 2.75) is 19.4 Å². The van der Waals surface area contributed by atoms with Crippen LogP contribution in [0.15, 0.2) is 24.3 Å². The van der Waals surface area contributed by atoms with Crippen molar-refractivity contribution < 1.29 is 4.79 Å². The van der Waals surface area contributed by atoms with E-state index in [0.717, 1.165) is 24.4 Å². The summed E-state index contributed by atoms with van der Waals surface area (Å²) >= 11 is 5.81. The van der Waals surface area contributed by atoms with Crippen molar-refractivity contribution in [2.75, 3.05) is 13.6 Å². The molecule has 0 saturated heterocycles. The topological polar surface area (TPSA) is 20.3 Å². The van der Waals surface area contributed by atoms with Gasteiger partial charge in [-0.1, -0.05) is 23.7 Å². The van der Waals surface area contributed by atoms with Crippen LogP contribution in [0.25, 0.3) is 0 Å². The summed E-state index contributed by atoms with van der Waals surface area (Å²) < 4.78 is 0. The maximum atomic E-state index is 11.6. The predicted octanol–water partition coefficient (Wildman–Crippen LogP) is 2.75. The minimum absolute atomic E-state index is 0.354. The summed E-state index contributed by atoms with van der Waals surface area (Å²) in [4.78, 5) is 13.7. The van der Waals surface area contributed by atoms with Crippen LogP contribution in [0.4, 0.5) is 0 Å². The number of carbonyl (C=O) groups excluding carboxylic acids is 1. The van der Waals surface area contributed by atoms with Gasteiger partial charge >= 0.3 is 0 Å². The predicted molar refractivity (Wildman–Crippen MR) is 65.5 cm³/mol. The largest absolute Gasteiger partial charge is 0.298 e. The second-order valence-corrected chi connectivity index (χ2v) is 4.98. The molecule has 0 heterocycles. The third-order valence-electron chi connectivity index (χ3n) is 2.82. The van der Waals surface area contributed by atoms with Gasteiger partial charge in [0.15, 0.2) is 0 Å². The van der Waals surface area contributed by atoms with E-state index in [1.807, 2.05) is 31.3 Å². The Balaban J connectivity index is 1.83. The molecule has 1 aromatic rings. The molecule has 0 bridgehead atoms. The van der Waals surface area contributed by atoms with E-state index in [9.17, 15) is 4.79 Å². The third-order valence-corrected chi connectivity index (χ3v) is 3.08. The van der Waals surface area contributed by atoms with E-state index >= 15 is 0 Å². The fourth-order valence-electron chi connectivity index (χ4n) is 1.76. The molecule has 0 radical (unpaired) electrons. The fraction of sp³-hybridized carbons (Fsp3) is 0.462. The van der Waals surface area contributed by atoms with Crippen LogP contribution >= 0.6 is 11.6 Å². The van der Waals surface area contributed by atoms with Crippen LogP contribution in [0.1, 0.15) is 18.4 Å². The quantitative estimate of drug-likeness (QED) is 0.785. The van der Waals surface area contributed by atoms with Gasteiger partial charge in [0.1, 0.15) is 5.78 Å². The summed E-state index contributed by atoms with van der Waals surface area (Å²) in [5, 5.41) is 0.750. The Labute approximate surface area is 101 Å². The highest BCUT2D eigenvalue weighted by molar-refractivity contribution is 6.30. The Hall–Kier alpha value is -0.860. The molecular formula is C13H16ClNO. The van der Waals surface area contributed by atoms with Crippen molar-refractivity contribution in [2.24, 2.45) is 5.92 Å². The third kappa shape index (κ3) is 3.32. The number of nitrogens with zero attached hydrogens (tertiary/aromatic N) is 1.